The molecule has 1 saturated carbocycles. The predicted octanol–water partition coefficient (Wildman–Crippen LogP) is 2.58. The molecule has 1 atom stereocenters. The zero-order chi connectivity index (χ0) is 15.5. The minimum atomic E-state index is 0.351. The third-order valence-electron chi connectivity index (χ3n) is 4.92. The Morgan fingerprint density at radius 3 is 2.82 bits per heavy atom. The first kappa shape index (κ1) is 15.5. The Morgan fingerprint density at radius 2 is 2.09 bits per heavy atom. The lowest BCUT2D eigenvalue weighted by molar-refractivity contribution is -0.130. The lowest BCUT2D eigenvalue weighted by Gasteiger charge is -2.21. The fourth-order valence-corrected chi connectivity index (χ4v) is 3.21. The summed E-state index contributed by atoms with van der Waals surface area (Å²) >= 11 is 0. The van der Waals surface area contributed by atoms with Gasteiger partial charge in [-0.3, -0.25) is 9.78 Å². The molecule has 1 aliphatic heterocycles. The number of pyridine rings is 1. The molecule has 22 heavy (non-hydrogen) atoms. The van der Waals surface area contributed by atoms with Gasteiger partial charge in [0.2, 0.25) is 5.91 Å². The number of hydrogen-bond donors (Lipinski definition) is 1. The van der Waals surface area contributed by atoms with Gasteiger partial charge in [0.1, 0.15) is 0 Å². The third kappa shape index (κ3) is 4.07. The number of aryl methyl sites for hydroxylation is 2. The first-order valence-electron chi connectivity index (χ1n) is 8.55. The smallest absolute Gasteiger partial charge is 0.222 e. The van der Waals surface area contributed by atoms with Crippen molar-refractivity contribution in [1.82, 2.24) is 15.2 Å². The van der Waals surface area contributed by atoms with Gasteiger partial charge in [0.15, 0.2) is 0 Å². The van der Waals surface area contributed by atoms with Gasteiger partial charge >= 0.3 is 0 Å². The molecule has 1 aromatic rings. The number of likely N-dealkylation sites (tertiary alicyclic amines) is 1. The van der Waals surface area contributed by atoms with Crippen molar-refractivity contribution in [3.63, 3.8) is 0 Å². The normalized spacial score (nSPS) is 22.7. The summed E-state index contributed by atoms with van der Waals surface area (Å²) in [5, 5.41) is 3.63. The summed E-state index contributed by atoms with van der Waals surface area (Å²) in [5.41, 5.74) is 3.62. The summed E-state index contributed by atoms with van der Waals surface area (Å²) in [6.45, 7) is 6.92. The lowest BCUT2D eigenvalue weighted by atomic mass is 10.1. The molecule has 0 aromatic carbocycles. The van der Waals surface area contributed by atoms with Crippen LogP contribution in [0.15, 0.2) is 12.3 Å². The van der Waals surface area contributed by atoms with E-state index in [-0.39, 0.29) is 0 Å². The number of carbonyl (C=O) groups is 1. The fraction of sp³-hybridized carbons (Fsp3) is 0.667. The Hall–Kier alpha value is -1.42. The first-order valence-corrected chi connectivity index (χ1v) is 8.55. The van der Waals surface area contributed by atoms with E-state index in [0.717, 1.165) is 44.1 Å². The summed E-state index contributed by atoms with van der Waals surface area (Å²) in [6, 6.07) is 2.57. The zero-order valence-electron chi connectivity index (χ0n) is 13.8. The van der Waals surface area contributed by atoms with E-state index in [1.807, 2.05) is 13.1 Å². The van der Waals surface area contributed by atoms with Crippen LogP contribution in [0, 0.1) is 19.8 Å². The molecule has 0 unspecified atom stereocenters. The van der Waals surface area contributed by atoms with Crippen molar-refractivity contribution < 1.29 is 4.79 Å². The van der Waals surface area contributed by atoms with Crippen molar-refractivity contribution in [2.45, 2.75) is 58.5 Å². The number of aromatic nitrogens is 1. The molecule has 0 spiro atoms. The lowest BCUT2D eigenvalue weighted by Crippen LogP contribution is -2.33. The highest BCUT2D eigenvalue weighted by Gasteiger charge is 2.29. The summed E-state index contributed by atoms with van der Waals surface area (Å²) in [4.78, 5) is 18.7. The molecule has 1 amide bonds. The predicted molar refractivity (Wildman–Crippen MR) is 87.5 cm³/mol. The molecule has 2 heterocycles. The number of nitrogens with one attached hydrogen (secondary N) is 1. The van der Waals surface area contributed by atoms with E-state index in [9.17, 15) is 4.79 Å². The number of amides is 1. The molecule has 4 nitrogen and oxygen atoms in total. The summed E-state index contributed by atoms with van der Waals surface area (Å²) in [5.74, 6) is 1.14. The monoisotopic (exact) mass is 301 g/mol. The molecule has 1 N–H and O–H groups in total. The quantitative estimate of drug-likeness (QED) is 0.909. The van der Waals surface area contributed by atoms with E-state index in [1.165, 1.54) is 24.0 Å². The van der Waals surface area contributed by atoms with Gasteiger partial charge in [-0.25, -0.2) is 0 Å². The van der Waals surface area contributed by atoms with Crippen LogP contribution < -0.4 is 5.32 Å². The van der Waals surface area contributed by atoms with Gasteiger partial charge in [-0.05, 0) is 62.6 Å². The van der Waals surface area contributed by atoms with Gasteiger partial charge in [0.25, 0.3) is 0 Å². The van der Waals surface area contributed by atoms with Gasteiger partial charge in [-0.1, -0.05) is 0 Å². The Balaban J connectivity index is 1.51. The first-order chi connectivity index (χ1) is 10.6. The second-order valence-corrected chi connectivity index (χ2v) is 6.94. The minimum Gasteiger partial charge on any atom is -0.342 e. The van der Waals surface area contributed by atoms with Gasteiger partial charge in [0.05, 0.1) is 0 Å². The topological polar surface area (TPSA) is 45.2 Å². The Kier molecular flexibility index (Phi) is 4.77. The third-order valence-corrected chi connectivity index (χ3v) is 4.92. The number of carbonyl (C=O) groups excluding carboxylic acids is 1. The van der Waals surface area contributed by atoms with Crippen molar-refractivity contribution in [3.05, 3.63) is 29.1 Å². The minimum absolute atomic E-state index is 0.351. The van der Waals surface area contributed by atoms with E-state index in [1.54, 1.807) is 0 Å². The standard InChI is InChI=1S/C18H27N3O/c1-13-9-14(2)19-10-16(13)11-20-17-5-6-18(22)21(8-7-17)12-15-3-4-15/h9-10,15,17,20H,3-8,11-12H2,1-2H3/t17-/m1/s1. The van der Waals surface area contributed by atoms with E-state index in [0.29, 0.717) is 18.4 Å². The van der Waals surface area contributed by atoms with Crippen molar-refractivity contribution in [1.29, 1.82) is 0 Å². The molecule has 1 saturated heterocycles. The molecular formula is C18H27N3O. The maximum absolute atomic E-state index is 12.2. The molecule has 120 valence electrons. The van der Waals surface area contributed by atoms with E-state index < -0.39 is 0 Å². The second kappa shape index (κ2) is 6.78. The van der Waals surface area contributed by atoms with Crippen LogP contribution in [0.1, 0.15) is 48.9 Å². The van der Waals surface area contributed by atoms with Gasteiger partial charge in [-0.2, -0.15) is 0 Å². The maximum atomic E-state index is 12.2. The van der Waals surface area contributed by atoms with Crippen LogP contribution in [0.4, 0.5) is 0 Å². The number of rotatable bonds is 5. The summed E-state index contributed by atoms with van der Waals surface area (Å²) in [7, 11) is 0. The van der Waals surface area contributed by atoms with E-state index in [2.05, 4.69) is 28.2 Å². The molecule has 0 bridgehead atoms. The van der Waals surface area contributed by atoms with Crippen LogP contribution in [0.2, 0.25) is 0 Å². The Labute approximate surface area is 133 Å². The maximum Gasteiger partial charge on any atom is 0.222 e. The Morgan fingerprint density at radius 1 is 1.27 bits per heavy atom. The zero-order valence-corrected chi connectivity index (χ0v) is 13.8. The van der Waals surface area contributed by atoms with Crippen LogP contribution in [-0.4, -0.2) is 34.9 Å². The highest BCUT2D eigenvalue weighted by Crippen LogP contribution is 2.30. The molecule has 4 heteroatoms. The van der Waals surface area contributed by atoms with Crippen LogP contribution in [0.25, 0.3) is 0 Å². The molecule has 2 aliphatic rings. The van der Waals surface area contributed by atoms with Crippen molar-refractivity contribution in [2.75, 3.05) is 13.1 Å². The average Bonchev–Trinajstić information content (AvgIpc) is 3.30. The fourth-order valence-electron chi connectivity index (χ4n) is 3.21. The molecule has 3 rings (SSSR count). The summed E-state index contributed by atoms with van der Waals surface area (Å²) in [6.07, 6.45) is 7.31. The van der Waals surface area contributed by atoms with Crippen LogP contribution in [0.3, 0.4) is 0 Å². The SMILES string of the molecule is Cc1cc(C)c(CN[C@@H]2CCC(=O)N(CC3CC3)CC2)cn1. The van der Waals surface area contributed by atoms with Crippen LogP contribution in [-0.2, 0) is 11.3 Å². The Bertz CT molecular complexity index is 539. The average molecular weight is 301 g/mol. The van der Waals surface area contributed by atoms with E-state index >= 15 is 0 Å². The number of nitrogens with zero attached hydrogens (tertiary/aromatic N) is 2. The summed E-state index contributed by atoms with van der Waals surface area (Å²) < 4.78 is 0. The molecule has 2 fully saturated rings. The van der Waals surface area contributed by atoms with Gasteiger partial charge in [0, 0.05) is 44.0 Å². The second-order valence-electron chi connectivity index (χ2n) is 6.94. The number of hydrogen-bond acceptors (Lipinski definition) is 3. The highest BCUT2D eigenvalue weighted by molar-refractivity contribution is 5.76. The van der Waals surface area contributed by atoms with Gasteiger partial charge < -0.3 is 10.2 Å². The van der Waals surface area contributed by atoms with Crippen molar-refractivity contribution >= 4 is 5.91 Å². The van der Waals surface area contributed by atoms with Crippen LogP contribution >= 0.6 is 0 Å². The van der Waals surface area contributed by atoms with Crippen molar-refractivity contribution in [2.24, 2.45) is 5.92 Å². The molecule has 0 radical (unpaired) electrons. The van der Waals surface area contributed by atoms with Crippen LogP contribution in [0.5, 0.6) is 0 Å². The van der Waals surface area contributed by atoms with Crippen molar-refractivity contribution in [3.8, 4) is 0 Å². The molecular weight excluding hydrogens is 274 g/mol. The molecule has 1 aromatic heterocycles. The van der Waals surface area contributed by atoms with Gasteiger partial charge in [-0.15, -0.1) is 0 Å². The molecule has 1 aliphatic carbocycles. The largest absolute Gasteiger partial charge is 0.342 e. The highest BCUT2D eigenvalue weighted by atomic mass is 16.2. The van der Waals surface area contributed by atoms with E-state index in [4.69, 9.17) is 0 Å².